The van der Waals surface area contributed by atoms with Gasteiger partial charge in [0.1, 0.15) is 28.9 Å². The van der Waals surface area contributed by atoms with Gasteiger partial charge in [0.05, 0.1) is 25.7 Å². The van der Waals surface area contributed by atoms with Gasteiger partial charge in [0.2, 0.25) is 5.43 Å². The molecule has 1 aliphatic rings. The van der Waals surface area contributed by atoms with Crippen molar-refractivity contribution in [2.24, 2.45) is 5.92 Å². The quantitative estimate of drug-likeness (QED) is 0.285. The van der Waals surface area contributed by atoms with Crippen LogP contribution in [0.1, 0.15) is 42.5 Å². The molecule has 7 heteroatoms. The summed E-state index contributed by atoms with van der Waals surface area (Å²) < 4.78 is 21.9. The van der Waals surface area contributed by atoms with Crippen molar-refractivity contribution in [1.82, 2.24) is 4.90 Å². The van der Waals surface area contributed by atoms with E-state index in [9.17, 15) is 9.59 Å². The van der Waals surface area contributed by atoms with Gasteiger partial charge in [-0.2, -0.15) is 0 Å². The molecule has 2 heterocycles. The number of esters is 1. The molecule has 0 spiro atoms. The first-order valence-electron chi connectivity index (χ1n) is 12.3. The van der Waals surface area contributed by atoms with Crippen LogP contribution in [-0.2, 0) is 4.74 Å². The van der Waals surface area contributed by atoms with Crippen LogP contribution in [0.2, 0.25) is 0 Å². The van der Waals surface area contributed by atoms with Crippen molar-refractivity contribution in [2.75, 3.05) is 40.0 Å². The molecule has 0 N–H and O–H groups in total. The second kappa shape index (κ2) is 12.4. The van der Waals surface area contributed by atoms with Crippen molar-refractivity contribution in [3.63, 3.8) is 0 Å². The van der Waals surface area contributed by atoms with E-state index in [-0.39, 0.29) is 16.9 Å². The third-order valence-electron chi connectivity index (χ3n) is 6.40. The number of hydrogen-bond acceptors (Lipinski definition) is 7. The molecular weight excluding hydrogens is 446 g/mol. The number of piperidine rings is 1. The van der Waals surface area contributed by atoms with Crippen LogP contribution in [-0.4, -0.2) is 50.8 Å². The van der Waals surface area contributed by atoms with Crippen LogP contribution in [0.15, 0.2) is 64.0 Å². The topological polar surface area (TPSA) is 78.2 Å². The molecule has 0 saturated carbocycles. The van der Waals surface area contributed by atoms with Crippen LogP contribution in [0.25, 0.3) is 11.0 Å². The first kappa shape index (κ1) is 24.8. The minimum Gasteiger partial charge on any atom is -0.497 e. The smallest absolute Gasteiger partial charge is 0.345 e. The fraction of sp³-hybridized carbons (Fsp3) is 0.429. The summed E-state index contributed by atoms with van der Waals surface area (Å²) >= 11 is 0. The number of unbranched alkanes of at least 4 members (excludes halogenated alkanes) is 2. The molecule has 1 fully saturated rings. The molecule has 35 heavy (non-hydrogen) atoms. The van der Waals surface area contributed by atoms with Gasteiger partial charge < -0.3 is 23.5 Å². The van der Waals surface area contributed by atoms with Gasteiger partial charge in [0.15, 0.2) is 0 Å². The van der Waals surface area contributed by atoms with Gasteiger partial charge in [-0.05, 0) is 81.6 Å². The number of carbonyl (C=O) groups is 1. The van der Waals surface area contributed by atoms with E-state index < -0.39 is 5.97 Å². The number of ether oxygens (including phenoxy) is 3. The SMILES string of the molecule is COc1ccc(OCCCCCN2CCCC(COC(=O)c3coc4ccccc4c3=O)C2)cc1. The Hall–Kier alpha value is -3.32. The lowest BCUT2D eigenvalue weighted by atomic mass is 9.98. The Labute approximate surface area is 205 Å². The van der Waals surface area contributed by atoms with Gasteiger partial charge in [0, 0.05) is 12.5 Å². The van der Waals surface area contributed by atoms with Crippen LogP contribution in [0, 0.1) is 5.92 Å². The van der Waals surface area contributed by atoms with E-state index in [1.54, 1.807) is 31.4 Å². The van der Waals surface area contributed by atoms with Crippen molar-refractivity contribution in [2.45, 2.75) is 32.1 Å². The van der Waals surface area contributed by atoms with E-state index in [1.807, 2.05) is 24.3 Å². The molecule has 1 unspecified atom stereocenters. The summed E-state index contributed by atoms with van der Waals surface area (Å²) in [5, 5.41) is 0.389. The summed E-state index contributed by atoms with van der Waals surface area (Å²) in [5.41, 5.74) is 0.0654. The summed E-state index contributed by atoms with van der Waals surface area (Å²) in [5.74, 6) is 1.35. The van der Waals surface area contributed by atoms with Gasteiger partial charge in [0.25, 0.3) is 0 Å². The molecule has 1 saturated heterocycles. The number of hydrogen-bond donors (Lipinski definition) is 0. The van der Waals surface area contributed by atoms with Gasteiger partial charge in [-0.15, -0.1) is 0 Å². The molecule has 1 aliphatic heterocycles. The van der Waals surface area contributed by atoms with Gasteiger partial charge >= 0.3 is 5.97 Å². The zero-order chi connectivity index (χ0) is 24.5. The highest BCUT2D eigenvalue weighted by molar-refractivity contribution is 5.92. The number of fused-ring (bicyclic) bond motifs is 1. The Morgan fingerprint density at radius 3 is 2.69 bits per heavy atom. The second-order valence-electron chi connectivity index (χ2n) is 8.97. The zero-order valence-corrected chi connectivity index (χ0v) is 20.2. The number of carbonyl (C=O) groups excluding carboxylic acids is 1. The van der Waals surface area contributed by atoms with Crippen LogP contribution < -0.4 is 14.9 Å². The van der Waals surface area contributed by atoms with Crippen LogP contribution in [0.3, 0.4) is 0 Å². The maximum absolute atomic E-state index is 12.6. The van der Waals surface area contributed by atoms with E-state index >= 15 is 0 Å². The third-order valence-corrected chi connectivity index (χ3v) is 6.40. The molecule has 0 aliphatic carbocycles. The van der Waals surface area contributed by atoms with Gasteiger partial charge in [-0.3, -0.25) is 4.79 Å². The highest BCUT2D eigenvalue weighted by Crippen LogP contribution is 2.19. The van der Waals surface area contributed by atoms with Crippen molar-refractivity contribution in [3.05, 3.63) is 70.6 Å². The summed E-state index contributed by atoms with van der Waals surface area (Å²) in [6.45, 7) is 4.02. The van der Waals surface area contributed by atoms with Crippen molar-refractivity contribution >= 4 is 16.9 Å². The Morgan fingerprint density at radius 2 is 1.86 bits per heavy atom. The fourth-order valence-corrected chi connectivity index (χ4v) is 4.46. The summed E-state index contributed by atoms with van der Waals surface area (Å²) in [6, 6.07) is 14.5. The second-order valence-corrected chi connectivity index (χ2v) is 8.97. The average molecular weight is 480 g/mol. The zero-order valence-electron chi connectivity index (χ0n) is 20.2. The molecular formula is C28H33NO6. The van der Waals surface area contributed by atoms with E-state index in [0.717, 1.165) is 63.2 Å². The Kier molecular flexibility index (Phi) is 8.79. The molecule has 0 radical (unpaired) electrons. The molecule has 1 aromatic heterocycles. The van der Waals surface area contributed by atoms with E-state index in [4.69, 9.17) is 18.6 Å². The number of nitrogens with zero attached hydrogens (tertiary/aromatic N) is 1. The van der Waals surface area contributed by atoms with Crippen molar-refractivity contribution < 1.29 is 23.4 Å². The van der Waals surface area contributed by atoms with E-state index in [1.165, 1.54) is 6.26 Å². The van der Waals surface area contributed by atoms with Gasteiger partial charge in [-0.1, -0.05) is 12.1 Å². The minimum absolute atomic E-state index is 0.0479. The molecule has 0 bridgehead atoms. The minimum atomic E-state index is -0.613. The summed E-state index contributed by atoms with van der Waals surface area (Å²) in [6.07, 6.45) is 6.53. The predicted molar refractivity (Wildman–Crippen MR) is 134 cm³/mol. The monoisotopic (exact) mass is 479 g/mol. The van der Waals surface area contributed by atoms with Gasteiger partial charge in [-0.25, -0.2) is 4.79 Å². The Balaban J connectivity index is 1.14. The highest BCUT2D eigenvalue weighted by Gasteiger charge is 2.22. The lowest BCUT2D eigenvalue weighted by Crippen LogP contribution is -2.38. The normalized spacial score (nSPS) is 16.2. The van der Waals surface area contributed by atoms with E-state index in [0.29, 0.717) is 24.2 Å². The summed E-state index contributed by atoms with van der Waals surface area (Å²) in [4.78, 5) is 27.6. The third kappa shape index (κ3) is 6.85. The molecule has 1 atom stereocenters. The largest absolute Gasteiger partial charge is 0.497 e. The maximum atomic E-state index is 12.6. The molecule has 2 aromatic carbocycles. The number of methoxy groups -OCH3 is 1. The lowest BCUT2D eigenvalue weighted by Gasteiger charge is -2.32. The Bertz CT molecular complexity index is 1160. The fourth-order valence-electron chi connectivity index (χ4n) is 4.46. The first-order valence-corrected chi connectivity index (χ1v) is 12.3. The molecule has 186 valence electrons. The lowest BCUT2D eigenvalue weighted by molar-refractivity contribution is 0.0349. The Morgan fingerprint density at radius 1 is 1.06 bits per heavy atom. The van der Waals surface area contributed by atoms with E-state index in [2.05, 4.69) is 4.90 Å². The number of likely N-dealkylation sites (tertiary alicyclic amines) is 1. The molecule has 7 nitrogen and oxygen atoms in total. The summed E-state index contributed by atoms with van der Waals surface area (Å²) in [7, 11) is 1.65. The number of rotatable bonds is 11. The standard InChI is InChI=1S/C28H33NO6/c1-32-22-11-13-23(14-12-22)33-17-6-2-5-15-29-16-7-8-21(18-29)19-35-28(31)25-20-34-26-10-4-3-9-24(26)27(25)30/h3-4,9-14,20-21H,2,5-8,15-19H2,1H3. The molecule has 4 rings (SSSR count). The van der Waals surface area contributed by atoms with Crippen LogP contribution in [0.4, 0.5) is 0 Å². The number of benzene rings is 2. The van der Waals surface area contributed by atoms with Crippen molar-refractivity contribution in [3.8, 4) is 11.5 Å². The predicted octanol–water partition coefficient (Wildman–Crippen LogP) is 4.92. The average Bonchev–Trinajstić information content (AvgIpc) is 2.90. The maximum Gasteiger partial charge on any atom is 0.345 e. The van der Waals surface area contributed by atoms with Crippen molar-refractivity contribution in [1.29, 1.82) is 0 Å². The van der Waals surface area contributed by atoms with Crippen LogP contribution >= 0.6 is 0 Å². The molecule has 3 aromatic rings. The number of para-hydroxylation sites is 1. The highest BCUT2D eigenvalue weighted by atomic mass is 16.5. The first-order chi connectivity index (χ1) is 17.1. The molecule has 0 amide bonds. The van der Waals surface area contributed by atoms with Crippen LogP contribution in [0.5, 0.6) is 11.5 Å².